The highest BCUT2D eigenvalue weighted by molar-refractivity contribution is 5.96. The zero-order valence-corrected chi connectivity index (χ0v) is 16.2. The van der Waals surface area contributed by atoms with Gasteiger partial charge in [-0.1, -0.05) is 18.2 Å². The normalized spacial score (nSPS) is 11.1. The van der Waals surface area contributed by atoms with Gasteiger partial charge < -0.3 is 10.2 Å². The second-order valence-corrected chi connectivity index (χ2v) is 6.84. The van der Waals surface area contributed by atoms with Crippen molar-refractivity contribution in [2.45, 2.75) is 33.2 Å². The largest absolute Gasteiger partial charge is 0.372 e. The molecule has 0 aliphatic carbocycles. The second kappa shape index (κ2) is 8.66. The van der Waals surface area contributed by atoms with Crippen molar-refractivity contribution in [2.75, 3.05) is 24.5 Å². The van der Waals surface area contributed by atoms with Crippen molar-refractivity contribution in [1.29, 1.82) is 0 Å². The number of amides is 1. The van der Waals surface area contributed by atoms with Gasteiger partial charge in [-0.25, -0.2) is 9.67 Å². The van der Waals surface area contributed by atoms with Crippen LogP contribution in [0.1, 0.15) is 43.6 Å². The number of benzene rings is 1. The summed E-state index contributed by atoms with van der Waals surface area (Å²) < 4.78 is 1.86. The Labute approximate surface area is 160 Å². The Kier molecular flexibility index (Phi) is 6.06. The topological polar surface area (TPSA) is 63.1 Å². The van der Waals surface area contributed by atoms with Crippen LogP contribution in [0.2, 0.25) is 0 Å². The molecule has 0 saturated carbocycles. The summed E-state index contributed by atoms with van der Waals surface area (Å²) in [7, 11) is 0. The molecule has 2 heterocycles. The first-order valence-electron chi connectivity index (χ1n) is 9.51. The maximum atomic E-state index is 12.4. The number of aromatic nitrogens is 3. The molecule has 1 N–H and O–H groups in total. The number of nitrogens with one attached hydrogen (secondary N) is 1. The monoisotopic (exact) mass is 365 g/mol. The number of carbonyl (C=O) groups is 1. The molecule has 142 valence electrons. The average molecular weight is 365 g/mol. The molecule has 0 atom stereocenters. The van der Waals surface area contributed by atoms with Gasteiger partial charge in [-0.15, -0.1) is 0 Å². The first-order chi connectivity index (χ1) is 13.1. The number of hydrogen-bond donors (Lipinski definition) is 1. The Morgan fingerprint density at radius 1 is 1.22 bits per heavy atom. The molecule has 0 saturated heterocycles. The number of rotatable bonds is 8. The maximum absolute atomic E-state index is 12.4. The van der Waals surface area contributed by atoms with Crippen LogP contribution in [0, 0.1) is 0 Å². The smallest absolute Gasteiger partial charge is 0.252 e. The highest BCUT2D eigenvalue weighted by Gasteiger charge is 2.11. The molecule has 6 nitrogen and oxygen atoms in total. The van der Waals surface area contributed by atoms with E-state index >= 15 is 0 Å². The van der Waals surface area contributed by atoms with Crippen LogP contribution in [0.5, 0.6) is 0 Å². The molecule has 0 aliphatic heterocycles. The lowest BCUT2D eigenvalue weighted by Gasteiger charge is -2.23. The Morgan fingerprint density at radius 2 is 2.00 bits per heavy atom. The van der Waals surface area contributed by atoms with Crippen LogP contribution in [-0.4, -0.2) is 40.3 Å². The Bertz CT molecular complexity index is 888. The summed E-state index contributed by atoms with van der Waals surface area (Å²) in [6.45, 7) is 8.74. The number of anilines is 1. The fourth-order valence-electron chi connectivity index (χ4n) is 3.12. The van der Waals surface area contributed by atoms with Gasteiger partial charge in [0.05, 0.1) is 11.8 Å². The van der Waals surface area contributed by atoms with Gasteiger partial charge in [0.2, 0.25) is 0 Å². The van der Waals surface area contributed by atoms with E-state index in [4.69, 9.17) is 0 Å². The third-order valence-electron chi connectivity index (χ3n) is 4.58. The number of pyridine rings is 1. The quantitative estimate of drug-likeness (QED) is 0.619. The molecule has 1 aromatic carbocycles. The fraction of sp³-hybridized carbons (Fsp3) is 0.381. The van der Waals surface area contributed by atoms with Crippen molar-refractivity contribution >= 4 is 22.6 Å². The molecule has 1 amide bonds. The van der Waals surface area contributed by atoms with E-state index in [1.54, 1.807) is 12.4 Å². The molecule has 0 aliphatic rings. The van der Waals surface area contributed by atoms with E-state index in [0.29, 0.717) is 12.1 Å². The molecule has 3 aromatic rings. The molecule has 0 radical (unpaired) electrons. The number of hydrogen-bond acceptors (Lipinski definition) is 4. The summed E-state index contributed by atoms with van der Waals surface area (Å²) >= 11 is 0. The van der Waals surface area contributed by atoms with Crippen LogP contribution in [0.25, 0.3) is 11.0 Å². The third-order valence-corrected chi connectivity index (χ3v) is 4.58. The van der Waals surface area contributed by atoms with Gasteiger partial charge in [0.1, 0.15) is 0 Å². The third kappa shape index (κ3) is 4.45. The van der Waals surface area contributed by atoms with E-state index in [-0.39, 0.29) is 11.9 Å². The lowest BCUT2D eigenvalue weighted by Crippen LogP contribution is -2.30. The highest BCUT2D eigenvalue weighted by Crippen LogP contribution is 2.17. The minimum absolute atomic E-state index is 0.0931. The van der Waals surface area contributed by atoms with Crippen molar-refractivity contribution in [3.8, 4) is 0 Å². The zero-order chi connectivity index (χ0) is 19.2. The minimum Gasteiger partial charge on any atom is -0.372 e. The van der Waals surface area contributed by atoms with Gasteiger partial charge in [0, 0.05) is 42.9 Å². The van der Waals surface area contributed by atoms with Gasteiger partial charge in [-0.2, -0.15) is 5.10 Å². The van der Waals surface area contributed by atoms with E-state index in [1.807, 2.05) is 28.9 Å². The lowest BCUT2D eigenvalue weighted by atomic mass is 10.2. The predicted octanol–water partition coefficient (Wildman–Crippen LogP) is 3.66. The van der Waals surface area contributed by atoms with Crippen molar-refractivity contribution < 1.29 is 4.79 Å². The Morgan fingerprint density at radius 3 is 2.70 bits per heavy atom. The van der Waals surface area contributed by atoms with E-state index < -0.39 is 0 Å². The zero-order valence-electron chi connectivity index (χ0n) is 16.2. The second-order valence-electron chi connectivity index (χ2n) is 6.84. The standard InChI is InChI=1S/C21H27N5O/c1-4-25(19-9-6-5-7-10-19)12-8-11-22-21(27)18-13-17-15-24-26(16(2)3)20(17)23-14-18/h5-7,9-10,13-16H,4,8,11-12H2,1-3H3,(H,22,27). The lowest BCUT2D eigenvalue weighted by molar-refractivity contribution is 0.0953. The van der Waals surface area contributed by atoms with Crippen molar-refractivity contribution in [1.82, 2.24) is 20.1 Å². The van der Waals surface area contributed by atoms with Crippen molar-refractivity contribution in [3.63, 3.8) is 0 Å². The molecule has 3 rings (SSSR count). The molecule has 0 spiro atoms. The summed E-state index contributed by atoms with van der Waals surface area (Å²) in [6.07, 6.45) is 4.27. The van der Waals surface area contributed by atoms with Gasteiger partial charge in [-0.3, -0.25) is 4.79 Å². The van der Waals surface area contributed by atoms with Crippen LogP contribution in [0.15, 0.2) is 48.8 Å². The highest BCUT2D eigenvalue weighted by atomic mass is 16.1. The predicted molar refractivity (Wildman–Crippen MR) is 109 cm³/mol. The van der Waals surface area contributed by atoms with Crippen LogP contribution in [0.3, 0.4) is 0 Å². The Balaban J connectivity index is 1.54. The molecule has 27 heavy (non-hydrogen) atoms. The summed E-state index contributed by atoms with van der Waals surface area (Å²) in [6, 6.07) is 12.4. The van der Waals surface area contributed by atoms with E-state index in [1.165, 1.54) is 5.69 Å². The van der Waals surface area contributed by atoms with Crippen LogP contribution in [-0.2, 0) is 0 Å². The van der Waals surface area contributed by atoms with Gasteiger partial charge in [0.25, 0.3) is 5.91 Å². The van der Waals surface area contributed by atoms with Gasteiger partial charge in [-0.05, 0) is 45.4 Å². The first kappa shape index (κ1) is 18.9. The number of nitrogens with zero attached hydrogens (tertiary/aromatic N) is 4. The van der Waals surface area contributed by atoms with E-state index in [9.17, 15) is 4.79 Å². The first-order valence-corrected chi connectivity index (χ1v) is 9.51. The van der Waals surface area contributed by atoms with Gasteiger partial charge in [0.15, 0.2) is 5.65 Å². The summed E-state index contributed by atoms with van der Waals surface area (Å²) in [5, 5.41) is 8.22. The minimum atomic E-state index is -0.0931. The molecule has 2 aromatic heterocycles. The van der Waals surface area contributed by atoms with Crippen LogP contribution in [0.4, 0.5) is 5.69 Å². The van der Waals surface area contributed by atoms with Crippen LogP contribution < -0.4 is 10.2 Å². The van der Waals surface area contributed by atoms with Crippen molar-refractivity contribution in [3.05, 3.63) is 54.4 Å². The molecule has 0 fully saturated rings. The van der Waals surface area contributed by atoms with E-state index in [0.717, 1.165) is 30.5 Å². The number of fused-ring (bicyclic) bond motifs is 1. The molecule has 0 bridgehead atoms. The number of carbonyl (C=O) groups excluding carboxylic acids is 1. The molecule has 0 unspecified atom stereocenters. The number of para-hydroxylation sites is 1. The Hall–Kier alpha value is -2.89. The SMILES string of the molecule is CCN(CCCNC(=O)c1cnc2c(cnn2C(C)C)c1)c1ccccc1. The van der Waals surface area contributed by atoms with Gasteiger partial charge >= 0.3 is 0 Å². The van der Waals surface area contributed by atoms with Crippen LogP contribution >= 0.6 is 0 Å². The molecule has 6 heteroatoms. The molecular weight excluding hydrogens is 338 g/mol. The maximum Gasteiger partial charge on any atom is 0.252 e. The van der Waals surface area contributed by atoms with Crippen molar-refractivity contribution in [2.24, 2.45) is 0 Å². The average Bonchev–Trinajstić information content (AvgIpc) is 3.12. The summed E-state index contributed by atoms with van der Waals surface area (Å²) in [5.41, 5.74) is 2.59. The molecular formula is C21H27N5O. The summed E-state index contributed by atoms with van der Waals surface area (Å²) in [5.74, 6) is -0.0931. The fourth-order valence-corrected chi connectivity index (χ4v) is 3.12. The summed E-state index contributed by atoms with van der Waals surface area (Å²) in [4.78, 5) is 19.2. The van der Waals surface area contributed by atoms with E-state index in [2.05, 4.69) is 53.2 Å².